The molecule has 2 rings (SSSR count). The Morgan fingerprint density at radius 2 is 1.76 bits per heavy atom. The van der Waals surface area contributed by atoms with Crippen LogP contribution in [0.3, 0.4) is 0 Å². The van der Waals surface area contributed by atoms with Gasteiger partial charge >= 0.3 is 0 Å². The molecular formula is C19H31NO. The second kappa shape index (κ2) is 7.84. The van der Waals surface area contributed by atoms with E-state index in [1.165, 1.54) is 37.8 Å². The first-order valence-corrected chi connectivity index (χ1v) is 8.71. The summed E-state index contributed by atoms with van der Waals surface area (Å²) in [6.45, 7) is 10.4. The summed E-state index contributed by atoms with van der Waals surface area (Å²) in [6.07, 6.45) is 6.50. The molecule has 1 saturated carbocycles. The molecule has 0 heterocycles. The topological polar surface area (TPSA) is 12.5 Å². The molecule has 1 unspecified atom stereocenters. The largest absolute Gasteiger partial charge is 0.490 e. The Hall–Kier alpha value is -1.02. The smallest absolute Gasteiger partial charge is 0.119 e. The molecule has 0 radical (unpaired) electrons. The molecule has 1 aromatic carbocycles. The van der Waals surface area contributed by atoms with Crippen LogP contribution in [0.2, 0.25) is 0 Å². The highest BCUT2D eigenvalue weighted by molar-refractivity contribution is 5.29. The molecule has 0 amide bonds. The molecular weight excluding hydrogens is 258 g/mol. The average molecular weight is 289 g/mol. The maximum Gasteiger partial charge on any atom is 0.119 e. The number of nitrogens with zero attached hydrogens (tertiary/aromatic N) is 1. The molecule has 118 valence electrons. The van der Waals surface area contributed by atoms with Crippen LogP contribution in [-0.2, 0) is 0 Å². The van der Waals surface area contributed by atoms with Crippen LogP contribution in [0.1, 0.15) is 71.4 Å². The third kappa shape index (κ3) is 4.47. The zero-order chi connectivity index (χ0) is 15.2. The maximum absolute atomic E-state index is 5.86. The Labute approximate surface area is 130 Å². The molecule has 0 saturated heterocycles. The molecule has 0 spiro atoms. The molecule has 0 aliphatic heterocycles. The quantitative estimate of drug-likeness (QED) is 0.620. The highest BCUT2D eigenvalue weighted by Gasteiger charge is 2.24. The summed E-state index contributed by atoms with van der Waals surface area (Å²) in [5, 5.41) is 0. The minimum Gasteiger partial charge on any atom is -0.490 e. The molecule has 0 aromatic heterocycles. The van der Waals surface area contributed by atoms with E-state index in [4.69, 9.17) is 4.74 Å². The van der Waals surface area contributed by atoms with E-state index >= 15 is 0 Å². The summed E-state index contributed by atoms with van der Waals surface area (Å²) >= 11 is 0. The van der Waals surface area contributed by atoms with Gasteiger partial charge in [-0.2, -0.15) is 0 Å². The van der Waals surface area contributed by atoms with Crippen molar-refractivity contribution in [3.63, 3.8) is 0 Å². The fraction of sp³-hybridized carbons (Fsp3) is 0.684. The molecule has 2 atom stereocenters. The van der Waals surface area contributed by atoms with Gasteiger partial charge in [0.2, 0.25) is 0 Å². The molecule has 1 aromatic rings. The van der Waals surface area contributed by atoms with Crippen LogP contribution in [0.4, 0.5) is 0 Å². The summed E-state index contributed by atoms with van der Waals surface area (Å²) in [6, 6.07) is 9.98. The normalized spacial score (nSPS) is 17.8. The van der Waals surface area contributed by atoms with Crippen LogP contribution in [0, 0.1) is 0 Å². The van der Waals surface area contributed by atoms with Gasteiger partial charge in [-0.3, -0.25) is 4.90 Å². The van der Waals surface area contributed by atoms with Crippen molar-refractivity contribution < 1.29 is 4.74 Å². The van der Waals surface area contributed by atoms with Crippen LogP contribution in [0.25, 0.3) is 0 Å². The van der Waals surface area contributed by atoms with Crippen LogP contribution in [-0.4, -0.2) is 23.6 Å². The van der Waals surface area contributed by atoms with Crippen molar-refractivity contribution >= 4 is 0 Å². The Morgan fingerprint density at radius 1 is 1.10 bits per heavy atom. The van der Waals surface area contributed by atoms with E-state index in [-0.39, 0.29) is 0 Å². The fourth-order valence-electron chi connectivity index (χ4n) is 2.98. The third-order valence-electron chi connectivity index (χ3n) is 4.52. The molecule has 2 nitrogen and oxygen atoms in total. The summed E-state index contributed by atoms with van der Waals surface area (Å²) in [4.78, 5) is 2.66. The van der Waals surface area contributed by atoms with Gasteiger partial charge in [0, 0.05) is 12.1 Å². The van der Waals surface area contributed by atoms with Gasteiger partial charge in [0.15, 0.2) is 0 Å². The predicted molar refractivity (Wildman–Crippen MR) is 89.9 cm³/mol. The van der Waals surface area contributed by atoms with Gasteiger partial charge in [-0.25, -0.2) is 0 Å². The molecule has 2 heteroatoms. The van der Waals surface area contributed by atoms with Crippen LogP contribution in [0.15, 0.2) is 24.3 Å². The first-order chi connectivity index (χ1) is 10.2. The number of rotatable bonds is 9. The summed E-state index contributed by atoms with van der Waals surface area (Å²) in [5.41, 5.74) is 1.43. The number of hydrogen-bond donors (Lipinski definition) is 0. The lowest BCUT2D eigenvalue weighted by molar-refractivity contribution is 0.135. The SMILES string of the molecule is CCCN(C(CC)c1ccc(OC2CC2)cc1)[C@@H](C)CC. The number of hydrogen-bond acceptors (Lipinski definition) is 2. The predicted octanol–water partition coefficient (Wildman–Crippen LogP) is 5.19. The van der Waals surface area contributed by atoms with E-state index in [2.05, 4.69) is 56.9 Å². The van der Waals surface area contributed by atoms with Crippen molar-refractivity contribution in [2.45, 2.75) is 78.0 Å². The zero-order valence-corrected chi connectivity index (χ0v) is 14.1. The Balaban J connectivity index is 2.09. The maximum atomic E-state index is 5.86. The lowest BCUT2D eigenvalue weighted by Gasteiger charge is -2.36. The van der Waals surface area contributed by atoms with E-state index in [0.717, 1.165) is 12.2 Å². The van der Waals surface area contributed by atoms with Crippen molar-refractivity contribution in [2.75, 3.05) is 6.54 Å². The van der Waals surface area contributed by atoms with Crippen molar-refractivity contribution in [3.05, 3.63) is 29.8 Å². The highest BCUT2D eigenvalue weighted by atomic mass is 16.5. The number of ether oxygens (including phenoxy) is 1. The first kappa shape index (κ1) is 16.4. The molecule has 1 aliphatic carbocycles. The van der Waals surface area contributed by atoms with Gasteiger partial charge in [0.25, 0.3) is 0 Å². The van der Waals surface area contributed by atoms with Gasteiger partial charge in [0.05, 0.1) is 6.10 Å². The van der Waals surface area contributed by atoms with E-state index in [9.17, 15) is 0 Å². The van der Waals surface area contributed by atoms with E-state index in [1.54, 1.807) is 0 Å². The molecule has 0 N–H and O–H groups in total. The first-order valence-electron chi connectivity index (χ1n) is 8.71. The second-order valence-corrected chi connectivity index (χ2v) is 6.31. The second-order valence-electron chi connectivity index (χ2n) is 6.31. The average Bonchev–Trinajstić information content (AvgIpc) is 3.32. The molecule has 1 aliphatic rings. The van der Waals surface area contributed by atoms with E-state index in [0.29, 0.717) is 18.2 Å². The van der Waals surface area contributed by atoms with Gasteiger partial charge in [-0.05, 0) is 63.3 Å². The van der Waals surface area contributed by atoms with Crippen LogP contribution >= 0.6 is 0 Å². The van der Waals surface area contributed by atoms with E-state index < -0.39 is 0 Å². The van der Waals surface area contributed by atoms with E-state index in [1.807, 2.05) is 0 Å². The van der Waals surface area contributed by atoms with Gasteiger partial charge in [-0.15, -0.1) is 0 Å². The van der Waals surface area contributed by atoms with Crippen LogP contribution in [0.5, 0.6) is 5.75 Å². The Kier molecular flexibility index (Phi) is 6.10. The van der Waals surface area contributed by atoms with Crippen LogP contribution < -0.4 is 4.74 Å². The highest BCUT2D eigenvalue weighted by Crippen LogP contribution is 2.31. The minimum atomic E-state index is 0.481. The van der Waals surface area contributed by atoms with Crippen molar-refractivity contribution in [2.24, 2.45) is 0 Å². The lowest BCUT2D eigenvalue weighted by Crippen LogP contribution is -2.36. The minimum absolute atomic E-state index is 0.481. The van der Waals surface area contributed by atoms with Crippen molar-refractivity contribution in [3.8, 4) is 5.75 Å². The monoisotopic (exact) mass is 289 g/mol. The molecule has 1 fully saturated rings. The standard InChI is InChI=1S/C19H31NO/c1-5-14-20(15(4)6-2)19(7-3)16-8-10-17(11-9-16)21-18-12-13-18/h8-11,15,18-19H,5-7,12-14H2,1-4H3/t15-,19?/m0/s1. The summed E-state index contributed by atoms with van der Waals surface area (Å²) in [7, 11) is 0. The summed E-state index contributed by atoms with van der Waals surface area (Å²) in [5.74, 6) is 1.03. The fourth-order valence-corrected chi connectivity index (χ4v) is 2.98. The number of benzene rings is 1. The Bertz CT molecular complexity index is 410. The van der Waals surface area contributed by atoms with Gasteiger partial charge < -0.3 is 4.74 Å². The van der Waals surface area contributed by atoms with Crippen molar-refractivity contribution in [1.82, 2.24) is 4.90 Å². The van der Waals surface area contributed by atoms with Gasteiger partial charge in [0.1, 0.15) is 5.75 Å². The summed E-state index contributed by atoms with van der Waals surface area (Å²) < 4.78 is 5.86. The Morgan fingerprint density at radius 3 is 2.24 bits per heavy atom. The molecule has 21 heavy (non-hydrogen) atoms. The zero-order valence-electron chi connectivity index (χ0n) is 14.1. The lowest BCUT2D eigenvalue weighted by atomic mass is 10.00. The van der Waals surface area contributed by atoms with Crippen molar-refractivity contribution in [1.29, 1.82) is 0 Å². The third-order valence-corrected chi connectivity index (χ3v) is 4.52. The van der Waals surface area contributed by atoms with Gasteiger partial charge in [-0.1, -0.05) is 32.9 Å². The molecule has 0 bridgehead atoms.